The number of nitrogens with zero attached hydrogens (tertiary/aromatic N) is 3. The summed E-state index contributed by atoms with van der Waals surface area (Å²) < 4.78 is 0. The monoisotopic (exact) mass is 1220 g/mol. The van der Waals surface area contributed by atoms with Gasteiger partial charge in [0.15, 0.2) is 0 Å². The quantitative estimate of drug-likeness (QED) is 0.0939. The van der Waals surface area contributed by atoms with Gasteiger partial charge in [-0.1, -0.05) is 110 Å². The number of hydrogen-bond acceptors (Lipinski definition) is 6. The Kier molecular flexibility index (Phi) is 22.1. The Balaban J connectivity index is 0.000000144. The number of para-hydroxylation sites is 3. The summed E-state index contributed by atoms with van der Waals surface area (Å²) in [5, 5.41) is 15.4. The first-order valence-electron chi connectivity index (χ1n) is 31.6. The molecule has 3 saturated carbocycles. The van der Waals surface area contributed by atoms with Crippen molar-refractivity contribution in [3.63, 3.8) is 0 Å². The Labute approximate surface area is 528 Å². The Hall–Kier alpha value is -7.17. The van der Waals surface area contributed by atoms with Gasteiger partial charge < -0.3 is 16.0 Å². The first-order chi connectivity index (χ1) is 42.4. The maximum Gasteiger partial charge on any atom is 0.251 e. The molecule has 3 amide bonds. The van der Waals surface area contributed by atoms with Crippen molar-refractivity contribution in [3.8, 4) is 0 Å². The van der Waals surface area contributed by atoms with Crippen LogP contribution in [0, 0.1) is 17.8 Å². The van der Waals surface area contributed by atoms with Gasteiger partial charge in [-0.15, -0.1) is 0 Å². The van der Waals surface area contributed by atoms with Gasteiger partial charge in [-0.05, 0) is 258 Å². The molecule has 3 aliphatic carbocycles. The highest BCUT2D eigenvalue weighted by molar-refractivity contribution is 6.31. The maximum atomic E-state index is 12.6. The molecule has 0 spiro atoms. The minimum absolute atomic E-state index is 0.00521. The number of carbonyl (C=O) groups is 3. The Morgan fingerprint density at radius 3 is 0.851 bits per heavy atom. The molecule has 0 bridgehead atoms. The van der Waals surface area contributed by atoms with E-state index in [1.165, 1.54) is 32.8 Å². The van der Waals surface area contributed by atoms with E-state index in [1.807, 2.05) is 36.8 Å². The number of halogens is 3. The lowest BCUT2D eigenvalue weighted by Crippen LogP contribution is -2.41. The summed E-state index contributed by atoms with van der Waals surface area (Å²) in [5.41, 5.74) is 9.22. The zero-order valence-corrected chi connectivity index (χ0v) is 52.6. The number of fused-ring (bicyclic) bond motifs is 3. The smallest absolute Gasteiger partial charge is 0.251 e. The third kappa shape index (κ3) is 16.7. The third-order valence-corrected chi connectivity index (χ3v) is 19.6. The second kappa shape index (κ2) is 30.6. The van der Waals surface area contributed by atoms with Crippen molar-refractivity contribution in [3.05, 3.63) is 231 Å². The molecule has 3 N–H and O–H groups in total. The molecule has 12 heteroatoms. The highest BCUT2D eigenvalue weighted by atomic mass is 35.5. The number of rotatable bonds is 15. The van der Waals surface area contributed by atoms with Crippen molar-refractivity contribution in [1.82, 2.24) is 30.9 Å². The molecule has 0 unspecified atom stereocenters. The predicted octanol–water partition coefficient (Wildman–Crippen LogP) is 19.1. The topological polar surface area (TPSA) is 126 Å². The van der Waals surface area contributed by atoms with Crippen LogP contribution in [0.5, 0.6) is 0 Å². The van der Waals surface area contributed by atoms with Crippen molar-refractivity contribution in [2.45, 2.75) is 153 Å². The van der Waals surface area contributed by atoms with E-state index >= 15 is 0 Å². The lowest BCUT2D eigenvalue weighted by atomic mass is 9.75. The lowest BCUT2D eigenvalue weighted by molar-refractivity contribution is 0.0901. The second-order valence-corrected chi connectivity index (χ2v) is 25.5. The maximum absolute atomic E-state index is 12.6. The van der Waals surface area contributed by atoms with Crippen LogP contribution in [0.3, 0.4) is 0 Å². The molecule has 87 heavy (non-hydrogen) atoms. The lowest BCUT2D eigenvalue weighted by Gasteiger charge is -2.34. The second-order valence-electron chi connectivity index (χ2n) is 24.2. The van der Waals surface area contributed by atoms with Gasteiger partial charge in [0, 0.05) is 84.6 Å². The first kappa shape index (κ1) is 62.9. The van der Waals surface area contributed by atoms with Crippen LogP contribution in [-0.2, 0) is 0 Å². The summed E-state index contributed by atoms with van der Waals surface area (Å²) in [7, 11) is 0. The van der Waals surface area contributed by atoms with Crippen molar-refractivity contribution in [2.75, 3.05) is 0 Å². The summed E-state index contributed by atoms with van der Waals surface area (Å²) in [6.45, 7) is 6.48. The Morgan fingerprint density at radius 2 is 0.609 bits per heavy atom. The third-order valence-electron chi connectivity index (χ3n) is 18.9. The fourth-order valence-corrected chi connectivity index (χ4v) is 14.1. The van der Waals surface area contributed by atoms with Gasteiger partial charge in [-0.2, -0.15) is 0 Å². The number of hydrogen-bond donors (Lipinski definition) is 3. The van der Waals surface area contributed by atoms with Gasteiger partial charge in [-0.3, -0.25) is 29.3 Å². The summed E-state index contributed by atoms with van der Waals surface area (Å²) >= 11 is 17.8. The van der Waals surface area contributed by atoms with E-state index in [4.69, 9.17) is 34.8 Å². The van der Waals surface area contributed by atoms with Gasteiger partial charge in [-0.25, -0.2) is 0 Å². The van der Waals surface area contributed by atoms with Crippen LogP contribution < -0.4 is 16.0 Å². The molecule has 9 aromatic rings. The molecule has 3 aliphatic rings. The highest BCUT2D eigenvalue weighted by Crippen LogP contribution is 2.41. The van der Waals surface area contributed by atoms with E-state index in [2.05, 4.69) is 124 Å². The number of nitrogens with one attached hydrogen (secondary N) is 3. The van der Waals surface area contributed by atoms with E-state index in [1.54, 1.807) is 72.8 Å². The summed E-state index contributed by atoms with van der Waals surface area (Å²) in [5.74, 6) is 3.26. The molecule has 0 aliphatic heterocycles. The van der Waals surface area contributed by atoms with E-state index in [0.717, 1.165) is 113 Å². The zero-order valence-electron chi connectivity index (χ0n) is 50.3. The van der Waals surface area contributed by atoms with E-state index in [0.29, 0.717) is 67.3 Å². The average molecular weight is 1220 g/mol. The normalized spacial score (nSPS) is 20.3. The fourth-order valence-electron chi connectivity index (χ4n) is 13.7. The first-order valence-corrected chi connectivity index (χ1v) is 32.8. The van der Waals surface area contributed by atoms with Gasteiger partial charge in [0.25, 0.3) is 17.7 Å². The van der Waals surface area contributed by atoms with Gasteiger partial charge in [0.2, 0.25) is 0 Å². The average Bonchev–Trinajstić information content (AvgIpc) is 3.41. The number of pyridine rings is 3. The summed E-state index contributed by atoms with van der Waals surface area (Å²) in [6, 6.07) is 53.7. The molecule has 450 valence electrons. The summed E-state index contributed by atoms with van der Waals surface area (Å²) in [4.78, 5) is 51.8. The largest absolute Gasteiger partial charge is 0.349 e. The SMILES string of the molecule is CC[C@@H](NC(=O)c1ccc(Cl)cc1)[C@H]1CC[C@H](c2cnc3ccccc3c2)CC1.CC[C@H](NC(=O)c1ccc(Cl)cc1)[C@H]1CC[C@@H](c2cnc3ccccc3c2)CC1.CC[C@H](NC(=O)c1ccc(Cl)cc1)[C@H]1CC[C@H](c2cnc3ccccc3c2)CC1. The van der Waals surface area contributed by atoms with Gasteiger partial charge in [0.1, 0.15) is 0 Å². The van der Waals surface area contributed by atoms with Crippen molar-refractivity contribution in [2.24, 2.45) is 17.8 Å². The van der Waals surface area contributed by atoms with Crippen LogP contribution in [0.15, 0.2) is 182 Å². The molecular weight excluding hydrogens is 1140 g/mol. The molecule has 12 rings (SSSR count). The number of benzene rings is 6. The number of amides is 3. The standard InChI is InChI=1S/3C25H27ClN2O/c3*1-2-23(28-25(29)19-11-13-22(26)14-12-19)18-9-7-17(8-10-18)21-15-20-5-3-4-6-24(20)27-16-21/h3*3-6,11-18,23H,2,7-10H2,1H3,(H,28,29)/t17-,18+,23-;2*17-,18-,23-/m010/s1. The molecule has 0 saturated heterocycles. The molecule has 3 atom stereocenters. The molecular formula is C75H81Cl3N6O3. The highest BCUT2D eigenvalue weighted by Gasteiger charge is 2.32. The van der Waals surface area contributed by atoms with E-state index in [-0.39, 0.29) is 35.8 Å². The molecule has 3 aromatic heterocycles. The molecule has 0 radical (unpaired) electrons. The fraction of sp³-hybridized carbons (Fsp3) is 0.360. The van der Waals surface area contributed by atoms with Crippen LogP contribution >= 0.6 is 34.8 Å². The van der Waals surface area contributed by atoms with Crippen LogP contribution in [0.1, 0.15) is 183 Å². The molecule has 3 fully saturated rings. The summed E-state index contributed by atoms with van der Waals surface area (Å²) in [6.07, 6.45) is 22.7. The number of carbonyl (C=O) groups excluding carboxylic acids is 3. The minimum atomic E-state index is -0.00521. The van der Waals surface area contributed by atoms with Crippen LogP contribution in [0.2, 0.25) is 15.1 Å². The van der Waals surface area contributed by atoms with Crippen molar-refractivity contribution < 1.29 is 14.4 Å². The van der Waals surface area contributed by atoms with E-state index < -0.39 is 0 Å². The van der Waals surface area contributed by atoms with Crippen molar-refractivity contribution in [1.29, 1.82) is 0 Å². The molecule has 6 aromatic carbocycles. The Morgan fingerprint density at radius 1 is 0.368 bits per heavy atom. The van der Waals surface area contributed by atoms with E-state index in [9.17, 15) is 14.4 Å². The van der Waals surface area contributed by atoms with Crippen molar-refractivity contribution >= 4 is 85.2 Å². The zero-order chi connectivity index (χ0) is 60.7. The number of aromatic nitrogens is 3. The predicted molar refractivity (Wildman–Crippen MR) is 358 cm³/mol. The van der Waals surface area contributed by atoms with Gasteiger partial charge in [0.05, 0.1) is 16.6 Å². The molecule has 3 heterocycles. The van der Waals surface area contributed by atoms with Crippen LogP contribution in [0.4, 0.5) is 0 Å². The minimum Gasteiger partial charge on any atom is -0.349 e. The molecule has 9 nitrogen and oxygen atoms in total. The van der Waals surface area contributed by atoms with Crippen LogP contribution in [-0.4, -0.2) is 50.8 Å². The van der Waals surface area contributed by atoms with Gasteiger partial charge >= 0.3 is 0 Å². The van der Waals surface area contributed by atoms with Crippen LogP contribution in [0.25, 0.3) is 32.7 Å². The Bertz CT molecular complexity index is 3320.